The molecule has 0 aromatic carbocycles. The normalized spacial score (nSPS) is 11.4. The summed E-state index contributed by atoms with van der Waals surface area (Å²) in [5.74, 6) is -1.33. The van der Waals surface area contributed by atoms with Crippen LogP contribution >= 0.6 is 0 Å². The summed E-state index contributed by atoms with van der Waals surface area (Å²) in [5.41, 5.74) is -2.04. The van der Waals surface area contributed by atoms with Gasteiger partial charge in [0.15, 0.2) is 0 Å². The molecule has 0 saturated carbocycles. The first-order chi connectivity index (χ1) is 9.79. The van der Waals surface area contributed by atoms with Crippen molar-refractivity contribution in [3.05, 3.63) is 58.0 Å². The third kappa shape index (κ3) is 3.25. The fraction of sp³-hybridized carbons (Fsp3) is 0.167. The van der Waals surface area contributed by atoms with Gasteiger partial charge in [-0.2, -0.15) is 13.2 Å². The number of carboxylic acids is 1. The number of aromatic nitrogens is 3. The maximum absolute atomic E-state index is 12.6. The van der Waals surface area contributed by atoms with Gasteiger partial charge < -0.3 is 9.67 Å². The molecule has 0 aliphatic heterocycles. The zero-order valence-corrected chi connectivity index (χ0v) is 10.3. The molecule has 2 aromatic heterocycles. The summed E-state index contributed by atoms with van der Waals surface area (Å²) >= 11 is 0. The van der Waals surface area contributed by atoms with Gasteiger partial charge in [0.1, 0.15) is 11.9 Å². The third-order valence-electron chi connectivity index (χ3n) is 2.66. The highest BCUT2D eigenvalue weighted by Gasteiger charge is 2.31. The molecule has 0 aliphatic carbocycles. The Kier molecular flexibility index (Phi) is 3.74. The summed E-state index contributed by atoms with van der Waals surface area (Å²) in [6, 6.07) is 1.43. The van der Waals surface area contributed by atoms with E-state index in [1.807, 2.05) is 0 Å². The predicted molar refractivity (Wildman–Crippen MR) is 63.8 cm³/mol. The Morgan fingerprint density at radius 2 is 2.05 bits per heavy atom. The van der Waals surface area contributed by atoms with Crippen LogP contribution in [0.25, 0.3) is 0 Å². The van der Waals surface area contributed by atoms with Crippen molar-refractivity contribution in [2.24, 2.45) is 0 Å². The second-order valence-corrected chi connectivity index (χ2v) is 4.07. The first-order valence-corrected chi connectivity index (χ1v) is 5.59. The van der Waals surface area contributed by atoms with Crippen LogP contribution in [0.2, 0.25) is 0 Å². The SMILES string of the molecule is O=C(O)c1cncnc1Cn1cc(C(F)(F)F)ccc1=O. The zero-order valence-electron chi connectivity index (χ0n) is 10.3. The van der Waals surface area contributed by atoms with Crippen molar-refractivity contribution in [3.63, 3.8) is 0 Å². The summed E-state index contributed by atoms with van der Waals surface area (Å²) in [7, 11) is 0. The van der Waals surface area contributed by atoms with Crippen molar-refractivity contribution in [1.29, 1.82) is 0 Å². The van der Waals surface area contributed by atoms with Crippen molar-refractivity contribution in [1.82, 2.24) is 14.5 Å². The number of halogens is 3. The van der Waals surface area contributed by atoms with Crippen molar-refractivity contribution >= 4 is 5.97 Å². The topological polar surface area (TPSA) is 85.1 Å². The second kappa shape index (κ2) is 5.35. The molecule has 0 bridgehead atoms. The van der Waals surface area contributed by atoms with Gasteiger partial charge in [-0.05, 0) is 6.07 Å². The lowest BCUT2D eigenvalue weighted by Gasteiger charge is -2.11. The van der Waals surface area contributed by atoms with E-state index < -0.39 is 29.8 Å². The third-order valence-corrected chi connectivity index (χ3v) is 2.66. The number of pyridine rings is 1. The van der Waals surface area contributed by atoms with Crippen molar-refractivity contribution in [3.8, 4) is 0 Å². The lowest BCUT2D eigenvalue weighted by Crippen LogP contribution is -2.23. The summed E-state index contributed by atoms with van der Waals surface area (Å²) in [6.45, 7) is -0.396. The highest BCUT2D eigenvalue weighted by Crippen LogP contribution is 2.28. The van der Waals surface area contributed by atoms with E-state index in [-0.39, 0.29) is 11.3 Å². The molecule has 2 aromatic rings. The van der Waals surface area contributed by atoms with Crippen LogP contribution in [0.5, 0.6) is 0 Å². The molecule has 0 atom stereocenters. The van der Waals surface area contributed by atoms with Crippen molar-refractivity contribution in [2.45, 2.75) is 12.7 Å². The fourth-order valence-electron chi connectivity index (χ4n) is 1.64. The zero-order chi connectivity index (χ0) is 15.6. The minimum atomic E-state index is -4.60. The number of aromatic carboxylic acids is 1. The van der Waals surface area contributed by atoms with E-state index >= 15 is 0 Å². The smallest absolute Gasteiger partial charge is 0.417 e. The molecule has 2 rings (SSSR count). The summed E-state index contributed by atoms with van der Waals surface area (Å²) in [5, 5.41) is 8.95. The molecule has 0 amide bonds. The molecule has 110 valence electrons. The summed E-state index contributed by atoms with van der Waals surface area (Å²) in [6.07, 6.45) is -1.91. The summed E-state index contributed by atoms with van der Waals surface area (Å²) < 4.78 is 38.6. The number of rotatable bonds is 3. The van der Waals surface area contributed by atoms with Gasteiger partial charge in [0.25, 0.3) is 5.56 Å². The lowest BCUT2D eigenvalue weighted by molar-refractivity contribution is -0.138. The Bertz CT molecular complexity index is 740. The first-order valence-electron chi connectivity index (χ1n) is 5.59. The van der Waals surface area contributed by atoms with E-state index in [0.717, 1.165) is 23.2 Å². The van der Waals surface area contributed by atoms with Crippen LogP contribution in [0, 0.1) is 0 Å². The fourth-order valence-corrected chi connectivity index (χ4v) is 1.64. The van der Waals surface area contributed by atoms with Crippen LogP contribution in [0.3, 0.4) is 0 Å². The van der Waals surface area contributed by atoms with Crippen LogP contribution < -0.4 is 5.56 Å². The van der Waals surface area contributed by atoms with Crippen LogP contribution in [0.15, 0.2) is 35.6 Å². The number of carboxylic acid groups (broad SMARTS) is 1. The molecule has 1 N–H and O–H groups in total. The van der Waals surface area contributed by atoms with Gasteiger partial charge in [-0.25, -0.2) is 14.8 Å². The molecule has 0 saturated heterocycles. The standard InChI is InChI=1S/C12H8F3N3O3/c13-12(14,15)7-1-2-10(19)18(4-7)5-9-8(11(20)21)3-16-6-17-9/h1-4,6H,5H2,(H,20,21). The molecule has 0 unspecified atom stereocenters. The highest BCUT2D eigenvalue weighted by molar-refractivity contribution is 5.88. The quantitative estimate of drug-likeness (QED) is 0.926. The largest absolute Gasteiger partial charge is 0.478 e. The average Bonchev–Trinajstić information content (AvgIpc) is 2.40. The minimum Gasteiger partial charge on any atom is -0.478 e. The molecular weight excluding hydrogens is 291 g/mol. The second-order valence-electron chi connectivity index (χ2n) is 4.07. The molecule has 6 nitrogen and oxygen atoms in total. The van der Waals surface area contributed by atoms with Gasteiger partial charge in [-0.1, -0.05) is 0 Å². The average molecular weight is 299 g/mol. The van der Waals surface area contributed by atoms with E-state index in [1.54, 1.807) is 0 Å². The molecule has 0 radical (unpaired) electrons. The van der Waals surface area contributed by atoms with Gasteiger partial charge >= 0.3 is 12.1 Å². The molecular formula is C12H8F3N3O3. The minimum absolute atomic E-state index is 0.0566. The van der Waals surface area contributed by atoms with Crippen LogP contribution in [0.1, 0.15) is 21.6 Å². The van der Waals surface area contributed by atoms with E-state index in [2.05, 4.69) is 9.97 Å². The highest BCUT2D eigenvalue weighted by atomic mass is 19.4. The molecule has 9 heteroatoms. The molecule has 21 heavy (non-hydrogen) atoms. The maximum Gasteiger partial charge on any atom is 0.417 e. The lowest BCUT2D eigenvalue weighted by atomic mass is 10.2. The van der Waals surface area contributed by atoms with Gasteiger partial charge in [-0.3, -0.25) is 4.79 Å². The van der Waals surface area contributed by atoms with Crippen LogP contribution in [-0.4, -0.2) is 25.6 Å². The number of alkyl halides is 3. The molecule has 0 fully saturated rings. The predicted octanol–water partition coefficient (Wildman–Crippen LogP) is 1.40. The van der Waals surface area contributed by atoms with Gasteiger partial charge in [0, 0.05) is 18.5 Å². The van der Waals surface area contributed by atoms with E-state index in [0.29, 0.717) is 12.3 Å². The Morgan fingerprint density at radius 1 is 1.33 bits per heavy atom. The monoisotopic (exact) mass is 299 g/mol. The number of hydrogen-bond donors (Lipinski definition) is 1. The Labute approximate surface area is 115 Å². The van der Waals surface area contributed by atoms with Gasteiger partial charge in [-0.15, -0.1) is 0 Å². The van der Waals surface area contributed by atoms with Crippen LogP contribution in [0.4, 0.5) is 13.2 Å². The molecule has 0 aliphatic rings. The molecule has 2 heterocycles. The Hall–Kier alpha value is -2.71. The van der Waals surface area contributed by atoms with Crippen molar-refractivity contribution in [2.75, 3.05) is 0 Å². The Balaban J connectivity index is 2.45. The number of carbonyl (C=O) groups is 1. The van der Waals surface area contributed by atoms with Crippen LogP contribution in [-0.2, 0) is 12.7 Å². The van der Waals surface area contributed by atoms with E-state index in [9.17, 15) is 22.8 Å². The van der Waals surface area contributed by atoms with E-state index in [1.165, 1.54) is 0 Å². The summed E-state index contributed by atoms with van der Waals surface area (Å²) in [4.78, 5) is 29.8. The van der Waals surface area contributed by atoms with Gasteiger partial charge in [0.2, 0.25) is 0 Å². The van der Waals surface area contributed by atoms with E-state index in [4.69, 9.17) is 5.11 Å². The molecule has 0 spiro atoms. The first kappa shape index (κ1) is 14.7. The number of nitrogens with zero attached hydrogens (tertiary/aromatic N) is 3. The maximum atomic E-state index is 12.6. The van der Waals surface area contributed by atoms with Gasteiger partial charge in [0.05, 0.1) is 17.8 Å². The Morgan fingerprint density at radius 3 is 2.67 bits per heavy atom. The van der Waals surface area contributed by atoms with Crippen molar-refractivity contribution < 1.29 is 23.1 Å². The number of hydrogen-bond acceptors (Lipinski definition) is 4.